The second-order valence-corrected chi connectivity index (χ2v) is 8.67. The predicted octanol–water partition coefficient (Wildman–Crippen LogP) is 6.30. The summed E-state index contributed by atoms with van der Waals surface area (Å²) < 4.78 is 16.4. The van der Waals surface area contributed by atoms with Gasteiger partial charge in [0.2, 0.25) is 0 Å². The number of hydrogen-bond acceptors (Lipinski definition) is 6. The lowest BCUT2D eigenvalue weighted by Crippen LogP contribution is -2.16. The number of rotatable bonds is 10. The van der Waals surface area contributed by atoms with Gasteiger partial charge < -0.3 is 19.1 Å². The van der Waals surface area contributed by atoms with Crippen molar-refractivity contribution in [2.24, 2.45) is 0 Å². The van der Waals surface area contributed by atoms with Crippen LogP contribution in [0.2, 0.25) is 5.02 Å². The van der Waals surface area contributed by atoms with E-state index in [1.807, 2.05) is 42.5 Å². The summed E-state index contributed by atoms with van der Waals surface area (Å²) in [6.07, 6.45) is -0.141. The zero-order valence-corrected chi connectivity index (χ0v) is 20.8. The average molecular weight is 521 g/mol. The molecule has 1 heterocycles. The molecule has 0 saturated carbocycles. The fourth-order valence-corrected chi connectivity index (χ4v) is 3.84. The van der Waals surface area contributed by atoms with Crippen LogP contribution in [0, 0.1) is 6.92 Å². The first-order chi connectivity index (χ1) is 17.9. The van der Waals surface area contributed by atoms with E-state index in [0.717, 1.165) is 16.7 Å². The molecule has 9 heteroatoms. The number of ether oxygens (including phenoxy) is 2. The molecule has 190 valence electrons. The second kappa shape index (κ2) is 12.1. The number of benzene rings is 3. The quantitative estimate of drug-likeness (QED) is 0.252. The van der Waals surface area contributed by atoms with Crippen molar-refractivity contribution in [3.8, 4) is 17.0 Å². The number of carbonyl (C=O) groups is 2. The molecule has 4 rings (SSSR count). The van der Waals surface area contributed by atoms with E-state index in [9.17, 15) is 9.59 Å². The van der Waals surface area contributed by atoms with Crippen LogP contribution in [-0.4, -0.2) is 28.9 Å². The fourth-order valence-electron chi connectivity index (χ4n) is 3.61. The third-order valence-corrected chi connectivity index (χ3v) is 5.93. The minimum atomic E-state index is -0.875. The molecule has 37 heavy (non-hydrogen) atoms. The van der Waals surface area contributed by atoms with Crippen LogP contribution in [0.15, 0.2) is 77.3 Å². The van der Waals surface area contributed by atoms with E-state index in [1.54, 1.807) is 37.3 Å². The van der Waals surface area contributed by atoms with Crippen LogP contribution in [0.4, 0.5) is 10.5 Å². The Hall–Kier alpha value is -4.30. The molecule has 1 amide bonds. The number of nitrogens with one attached hydrogen (secondary N) is 1. The number of carboxylic acid groups (broad SMARTS) is 1. The number of aromatic nitrogens is 1. The van der Waals surface area contributed by atoms with Gasteiger partial charge in [-0.2, -0.15) is 0 Å². The smallest absolute Gasteiger partial charge is 0.411 e. The Morgan fingerprint density at radius 2 is 1.70 bits per heavy atom. The monoisotopic (exact) mass is 520 g/mol. The van der Waals surface area contributed by atoms with Gasteiger partial charge in [0.15, 0.2) is 5.76 Å². The van der Waals surface area contributed by atoms with Gasteiger partial charge in [-0.1, -0.05) is 71.4 Å². The van der Waals surface area contributed by atoms with Gasteiger partial charge in [0, 0.05) is 17.0 Å². The predicted molar refractivity (Wildman–Crippen MR) is 139 cm³/mol. The van der Waals surface area contributed by atoms with E-state index in [4.69, 9.17) is 30.7 Å². The fraction of sp³-hybridized carbons (Fsp3) is 0.179. The highest BCUT2D eigenvalue weighted by atomic mass is 35.5. The summed E-state index contributed by atoms with van der Waals surface area (Å²) in [5.74, 6) is 0.224. The van der Waals surface area contributed by atoms with Gasteiger partial charge in [0.05, 0.1) is 13.0 Å². The standard InChI is InChI=1S/C28H25ClN2O6/c1-18-26(30-28(34)35-15-14-21-4-2-3-5-24(21)29)27(31-37-18)22-10-6-20(7-11-22)17-36-23-12-8-19(9-13-23)16-25(32)33/h2-13H,14-17H2,1H3,(H,30,34)(H,32,33). The van der Waals surface area contributed by atoms with E-state index < -0.39 is 12.1 Å². The van der Waals surface area contributed by atoms with Crippen molar-refractivity contribution in [3.63, 3.8) is 0 Å². The summed E-state index contributed by atoms with van der Waals surface area (Å²) in [5, 5.41) is 16.3. The molecule has 0 bridgehead atoms. The third kappa shape index (κ3) is 7.11. The highest BCUT2D eigenvalue weighted by Gasteiger charge is 2.18. The van der Waals surface area contributed by atoms with Crippen molar-refractivity contribution in [3.05, 3.63) is 100 Å². The SMILES string of the molecule is Cc1onc(-c2ccc(COc3ccc(CC(=O)O)cc3)cc2)c1NC(=O)OCCc1ccccc1Cl. The van der Waals surface area contributed by atoms with Crippen molar-refractivity contribution >= 4 is 29.4 Å². The Bertz CT molecular complexity index is 1370. The minimum absolute atomic E-state index is 0.0274. The molecule has 0 unspecified atom stereocenters. The van der Waals surface area contributed by atoms with Crippen molar-refractivity contribution < 1.29 is 28.7 Å². The van der Waals surface area contributed by atoms with Crippen LogP contribution in [0.25, 0.3) is 11.3 Å². The van der Waals surface area contributed by atoms with Gasteiger partial charge in [0.1, 0.15) is 23.7 Å². The summed E-state index contributed by atoms with van der Waals surface area (Å²) in [6.45, 7) is 2.21. The minimum Gasteiger partial charge on any atom is -0.489 e. The Morgan fingerprint density at radius 1 is 1.00 bits per heavy atom. The van der Waals surface area contributed by atoms with Gasteiger partial charge in [-0.05, 0) is 41.8 Å². The second-order valence-electron chi connectivity index (χ2n) is 8.26. The molecule has 4 aromatic rings. The number of amides is 1. The summed E-state index contributed by atoms with van der Waals surface area (Å²) in [4.78, 5) is 23.2. The molecule has 0 aliphatic heterocycles. The van der Waals surface area contributed by atoms with E-state index in [0.29, 0.717) is 46.5 Å². The number of carbonyl (C=O) groups excluding carboxylic acids is 1. The zero-order valence-electron chi connectivity index (χ0n) is 20.1. The lowest BCUT2D eigenvalue weighted by atomic mass is 10.1. The molecule has 0 aliphatic rings. The highest BCUT2D eigenvalue weighted by molar-refractivity contribution is 6.31. The Balaban J connectivity index is 1.33. The number of anilines is 1. The first-order valence-electron chi connectivity index (χ1n) is 11.6. The van der Waals surface area contributed by atoms with Gasteiger partial charge >= 0.3 is 12.1 Å². The average Bonchev–Trinajstić information content (AvgIpc) is 3.24. The van der Waals surface area contributed by atoms with Crippen molar-refractivity contribution in [2.45, 2.75) is 26.4 Å². The lowest BCUT2D eigenvalue weighted by Gasteiger charge is -2.09. The van der Waals surface area contributed by atoms with Gasteiger partial charge in [-0.15, -0.1) is 0 Å². The van der Waals surface area contributed by atoms with Gasteiger partial charge in [0.25, 0.3) is 0 Å². The van der Waals surface area contributed by atoms with E-state index in [-0.39, 0.29) is 13.0 Å². The van der Waals surface area contributed by atoms with E-state index in [1.165, 1.54) is 0 Å². The third-order valence-electron chi connectivity index (χ3n) is 5.56. The number of aryl methyl sites for hydroxylation is 1. The number of hydrogen-bond donors (Lipinski definition) is 2. The number of halogens is 1. The van der Waals surface area contributed by atoms with Crippen LogP contribution in [0.3, 0.4) is 0 Å². The maximum atomic E-state index is 12.4. The largest absolute Gasteiger partial charge is 0.489 e. The molecule has 0 spiro atoms. The number of nitrogens with zero attached hydrogens (tertiary/aromatic N) is 1. The van der Waals surface area contributed by atoms with Crippen LogP contribution in [0.5, 0.6) is 5.75 Å². The zero-order chi connectivity index (χ0) is 26.2. The molecule has 0 atom stereocenters. The molecular weight excluding hydrogens is 496 g/mol. The van der Waals surface area contributed by atoms with Crippen LogP contribution in [0.1, 0.15) is 22.5 Å². The summed E-state index contributed by atoms with van der Waals surface area (Å²) in [6, 6.07) is 21.9. The molecule has 8 nitrogen and oxygen atoms in total. The normalized spacial score (nSPS) is 10.6. The molecular formula is C28H25ClN2O6. The molecule has 0 aliphatic carbocycles. The molecule has 0 saturated heterocycles. The topological polar surface area (TPSA) is 111 Å². The highest BCUT2D eigenvalue weighted by Crippen LogP contribution is 2.30. The van der Waals surface area contributed by atoms with E-state index in [2.05, 4.69) is 10.5 Å². The van der Waals surface area contributed by atoms with Crippen LogP contribution < -0.4 is 10.1 Å². The maximum absolute atomic E-state index is 12.4. The molecule has 0 fully saturated rings. The van der Waals surface area contributed by atoms with Gasteiger partial charge in [-0.3, -0.25) is 10.1 Å². The Kier molecular flexibility index (Phi) is 8.43. The maximum Gasteiger partial charge on any atom is 0.411 e. The molecule has 2 N–H and O–H groups in total. The molecule has 0 radical (unpaired) electrons. The van der Waals surface area contributed by atoms with Crippen LogP contribution >= 0.6 is 11.6 Å². The number of carboxylic acids is 1. The van der Waals surface area contributed by atoms with E-state index >= 15 is 0 Å². The molecule has 3 aromatic carbocycles. The molecule has 1 aromatic heterocycles. The van der Waals surface area contributed by atoms with Crippen molar-refractivity contribution in [2.75, 3.05) is 11.9 Å². The van der Waals surface area contributed by atoms with Crippen molar-refractivity contribution in [1.29, 1.82) is 0 Å². The summed E-state index contributed by atoms with van der Waals surface area (Å²) in [7, 11) is 0. The first kappa shape index (κ1) is 25.8. The Morgan fingerprint density at radius 3 is 2.41 bits per heavy atom. The summed E-state index contributed by atoms with van der Waals surface area (Å²) >= 11 is 6.14. The van der Waals surface area contributed by atoms with Crippen molar-refractivity contribution in [1.82, 2.24) is 5.16 Å². The lowest BCUT2D eigenvalue weighted by molar-refractivity contribution is -0.136. The Labute approximate surface area is 218 Å². The number of aliphatic carboxylic acids is 1. The summed E-state index contributed by atoms with van der Waals surface area (Å²) in [5.41, 5.74) is 4.21. The van der Waals surface area contributed by atoms with Gasteiger partial charge in [-0.25, -0.2) is 4.79 Å². The van der Waals surface area contributed by atoms with Crippen LogP contribution in [-0.2, 0) is 29.0 Å². The first-order valence-corrected chi connectivity index (χ1v) is 11.9.